The van der Waals surface area contributed by atoms with Crippen LogP contribution in [0.3, 0.4) is 0 Å². The molecule has 1 aliphatic carbocycles. The van der Waals surface area contributed by atoms with Gasteiger partial charge < -0.3 is 34.8 Å². The van der Waals surface area contributed by atoms with Gasteiger partial charge in [-0.2, -0.15) is 0 Å². The summed E-state index contributed by atoms with van der Waals surface area (Å²) in [5, 5.41) is 24.4. The Bertz CT molecular complexity index is 1180. The maximum absolute atomic E-state index is 11.0. The second kappa shape index (κ2) is 8.41. The summed E-state index contributed by atoms with van der Waals surface area (Å²) >= 11 is 0. The summed E-state index contributed by atoms with van der Waals surface area (Å²) in [7, 11) is -4.35. The Balaban J connectivity index is 1.36. The molecule has 176 valence electrons. The monoisotopic (exact) mass is 477 g/mol. The molecule has 4 atom stereocenters. The van der Waals surface area contributed by atoms with Crippen molar-refractivity contribution in [1.29, 1.82) is 0 Å². The summed E-state index contributed by atoms with van der Waals surface area (Å²) in [5.74, 6) is 0.551. The molecule has 1 aliphatic heterocycles. The summed E-state index contributed by atoms with van der Waals surface area (Å²) in [4.78, 5) is 30.9. The van der Waals surface area contributed by atoms with Gasteiger partial charge in [-0.15, -0.1) is 0 Å². The molecule has 2 fully saturated rings. The normalized spacial score (nSPS) is 26.5. The number of hydrogen-bond donors (Lipinski definition) is 5. The molecule has 2 aromatic heterocycles. The van der Waals surface area contributed by atoms with Crippen molar-refractivity contribution in [3.8, 4) is 0 Å². The summed E-state index contributed by atoms with van der Waals surface area (Å²) in [6.07, 6.45) is -0.699. The number of hydrogen-bond acceptors (Lipinski definition) is 9. The quantitative estimate of drug-likeness (QED) is 0.289. The van der Waals surface area contributed by atoms with E-state index >= 15 is 0 Å². The highest BCUT2D eigenvalue weighted by atomic mass is 31.2. The van der Waals surface area contributed by atoms with Crippen LogP contribution in [0.25, 0.3) is 11.2 Å². The van der Waals surface area contributed by atoms with Gasteiger partial charge in [-0.3, -0.25) is 9.13 Å². The minimum atomic E-state index is -4.35. The van der Waals surface area contributed by atoms with E-state index in [1.54, 1.807) is 0 Å². The number of ether oxygens (including phenoxy) is 2. The standard InChI is InChI=1S/C20H24N5O7P/c26-15-13(8-31-11-33(28,29)30)32-19(16(15)27)25-10-23-14-17(21-9-22-18(14)25)24-20(6-7-20)12-4-2-1-3-5-12/h1-5,9-10,13,15-16,19,26-27H,6-8,11H2,(H,21,22,24)(H2,28,29,30)/t13-,15-,16-,19-/m1/s1. The van der Waals surface area contributed by atoms with E-state index in [4.69, 9.17) is 19.3 Å². The Morgan fingerprint density at radius 2 is 1.91 bits per heavy atom. The first-order valence-electron chi connectivity index (χ1n) is 10.4. The fraction of sp³-hybridized carbons (Fsp3) is 0.450. The van der Waals surface area contributed by atoms with Crippen LogP contribution in [0.2, 0.25) is 0 Å². The number of anilines is 1. The lowest BCUT2D eigenvalue weighted by atomic mass is 10.1. The Morgan fingerprint density at radius 3 is 2.61 bits per heavy atom. The van der Waals surface area contributed by atoms with E-state index in [9.17, 15) is 14.8 Å². The van der Waals surface area contributed by atoms with Crippen molar-refractivity contribution in [3.63, 3.8) is 0 Å². The SMILES string of the molecule is O=P(O)(O)COC[C@H]1O[C@@H](n2cnc3c(NC4(c5ccccc5)CC4)ncnc32)[C@H](O)[C@@H]1O. The maximum atomic E-state index is 11.0. The minimum absolute atomic E-state index is 0.215. The first kappa shape index (κ1) is 22.4. The minimum Gasteiger partial charge on any atom is -0.387 e. The third kappa shape index (κ3) is 4.38. The second-order valence-electron chi connectivity index (χ2n) is 8.33. The first-order chi connectivity index (χ1) is 15.8. The average molecular weight is 477 g/mol. The van der Waals surface area contributed by atoms with Gasteiger partial charge in [0, 0.05) is 0 Å². The number of nitrogens with one attached hydrogen (secondary N) is 1. The van der Waals surface area contributed by atoms with Crippen molar-refractivity contribution in [2.75, 3.05) is 18.3 Å². The molecular formula is C20H24N5O7P. The Morgan fingerprint density at radius 1 is 1.15 bits per heavy atom. The van der Waals surface area contributed by atoms with E-state index in [-0.39, 0.29) is 12.1 Å². The van der Waals surface area contributed by atoms with Crippen LogP contribution in [0.1, 0.15) is 24.6 Å². The van der Waals surface area contributed by atoms with Crippen LogP contribution in [0.5, 0.6) is 0 Å². The number of aromatic nitrogens is 4. The summed E-state index contributed by atoms with van der Waals surface area (Å²) in [6, 6.07) is 10.1. The molecule has 1 aromatic carbocycles. The Hall–Kier alpha value is -2.44. The second-order valence-corrected chi connectivity index (χ2v) is 9.92. The van der Waals surface area contributed by atoms with E-state index in [0.717, 1.165) is 18.4 Å². The highest BCUT2D eigenvalue weighted by Crippen LogP contribution is 2.48. The van der Waals surface area contributed by atoms with Gasteiger partial charge in [0.15, 0.2) is 23.2 Å². The molecule has 33 heavy (non-hydrogen) atoms. The lowest BCUT2D eigenvalue weighted by Gasteiger charge is -2.19. The van der Waals surface area contributed by atoms with E-state index in [1.165, 1.54) is 17.2 Å². The van der Waals surface area contributed by atoms with E-state index in [1.807, 2.05) is 18.2 Å². The molecule has 3 heterocycles. The predicted molar refractivity (Wildman–Crippen MR) is 115 cm³/mol. The number of fused-ring (bicyclic) bond motifs is 1. The molecule has 0 amide bonds. The summed E-state index contributed by atoms with van der Waals surface area (Å²) in [5.41, 5.74) is 1.84. The fourth-order valence-electron chi connectivity index (χ4n) is 4.11. The van der Waals surface area contributed by atoms with Gasteiger partial charge in [0.25, 0.3) is 0 Å². The van der Waals surface area contributed by atoms with E-state index in [2.05, 4.69) is 32.4 Å². The smallest absolute Gasteiger partial charge is 0.350 e. The van der Waals surface area contributed by atoms with Crippen LogP contribution >= 0.6 is 7.60 Å². The zero-order valence-electron chi connectivity index (χ0n) is 17.4. The van der Waals surface area contributed by atoms with Crippen LogP contribution in [0.4, 0.5) is 5.82 Å². The highest BCUT2D eigenvalue weighted by molar-refractivity contribution is 7.51. The number of aliphatic hydroxyl groups is 2. The van der Waals surface area contributed by atoms with Gasteiger partial charge in [-0.05, 0) is 18.4 Å². The summed E-state index contributed by atoms with van der Waals surface area (Å²) in [6.45, 7) is -0.298. The van der Waals surface area contributed by atoms with Gasteiger partial charge >= 0.3 is 7.60 Å². The van der Waals surface area contributed by atoms with Crippen molar-refractivity contribution in [1.82, 2.24) is 19.5 Å². The topological polar surface area (TPSA) is 172 Å². The zero-order valence-corrected chi connectivity index (χ0v) is 18.3. The van der Waals surface area contributed by atoms with Crippen molar-refractivity contribution in [2.24, 2.45) is 0 Å². The third-order valence-corrected chi connectivity index (χ3v) is 6.46. The number of benzene rings is 1. The number of rotatable bonds is 8. The van der Waals surface area contributed by atoms with E-state index < -0.39 is 38.5 Å². The van der Waals surface area contributed by atoms with E-state index in [0.29, 0.717) is 17.0 Å². The van der Waals surface area contributed by atoms with Crippen molar-refractivity contribution in [2.45, 2.75) is 42.9 Å². The molecule has 0 spiro atoms. The number of aliphatic hydroxyl groups excluding tert-OH is 2. The van der Waals surface area contributed by atoms with Crippen molar-refractivity contribution >= 4 is 24.6 Å². The molecule has 5 rings (SSSR count). The molecule has 1 saturated carbocycles. The Labute approximate surface area is 188 Å². The van der Waals surface area contributed by atoms with Crippen LogP contribution in [-0.2, 0) is 19.6 Å². The van der Waals surface area contributed by atoms with Gasteiger partial charge in [-0.1, -0.05) is 30.3 Å². The molecule has 12 nitrogen and oxygen atoms in total. The fourth-order valence-corrected chi connectivity index (χ4v) is 4.45. The average Bonchev–Trinajstić information content (AvgIpc) is 3.36. The van der Waals surface area contributed by atoms with Crippen LogP contribution in [-0.4, -0.2) is 70.8 Å². The Kier molecular flexibility index (Phi) is 5.69. The molecule has 0 radical (unpaired) electrons. The summed E-state index contributed by atoms with van der Waals surface area (Å²) < 4.78 is 23.2. The molecular weight excluding hydrogens is 453 g/mol. The van der Waals surface area contributed by atoms with Crippen molar-refractivity contribution < 1.29 is 34.0 Å². The molecule has 5 N–H and O–H groups in total. The molecule has 3 aromatic rings. The largest absolute Gasteiger partial charge is 0.387 e. The number of imidazole rings is 1. The zero-order chi connectivity index (χ0) is 23.2. The number of nitrogens with zero attached hydrogens (tertiary/aromatic N) is 4. The predicted octanol–water partition coefficient (Wildman–Crippen LogP) is 0.698. The van der Waals surface area contributed by atoms with Gasteiger partial charge in [0.2, 0.25) is 0 Å². The third-order valence-electron chi connectivity index (χ3n) is 5.95. The van der Waals surface area contributed by atoms with Crippen LogP contribution in [0, 0.1) is 0 Å². The van der Waals surface area contributed by atoms with Gasteiger partial charge in [-0.25, -0.2) is 15.0 Å². The van der Waals surface area contributed by atoms with Crippen molar-refractivity contribution in [3.05, 3.63) is 48.5 Å². The molecule has 2 aliphatic rings. The lowest BCUT2D eigenvalue weighted by molar-refractivity contribution is -0.0612. The molecule has 13 heteroatoms. The van der Waals surface area contributed by atoms with Crippen LogP contribution < -0.4 is 5.32 Å². The van der Waals surface area contributed by atoms with Crippen LogP contribution in [0.15, 0.2) is 43.0 Å². The molecule has 0 unspecified atom stereocenters. The molecule has 1 saturated heterocycles. The maximum Gasteiger partial charge on any atom is 0.350 e. The highest BCUT2D eigenvalue weighted by Gasteiger charge is 2.46. The van der Waals surface area contributed by atoms with Gasteiger partial charge in [0.1, 0.15) is 31.0 Å². The van der Waals surface area contributed by atoms with Gasteiger partial charge in [0.05, 0.1) is 18.5 Å². The first-order valence-corrected chi connectivity index (χ1v) is 12.2. The lowest BCUT2D eigenvalue weighted by Crippen LogP contribution is -2.33. The molecule has 0 bridgehead atoms.